The van der Waals surface area contributed by atoms with Crippen LogP contribution in [0, 0.1) is 6.92 Å². The first-order valence-corrected chi connectivity index (χ1v) is 7.59. The van der Waals surface area contributed by atoms with Crippen molar-refractivity contribution in [3.63, 3.8) is 0 Å². The van der Waals surface area contributed by atoms with Crippen molar-refractivity contribution in [3.8, 4) is 5.75 Å². The Bertz CT molecular complexity index is 497. The van der Waals surface area contributed by atoms with E-state index in [1.54, 1.807) is 0 Å². The molecule has 0 aliphatic carbocycles. The maximum absolute atomic E-state index is 11.8. The van der Waals surface area contributed by atoms with Crippen molar-refractivity contribution in [1.29, 1.82) is 0 Å². The van der Waals surface area contributed by atoms with E-state index in [0.29, 0.717) is 19.6 Å². The molecule has 0 radical (unpaired) electrons. The Morgan fingerprint density at radius 3 is 3.00 bits per heavy atom. The van der Waals surface area contributed by atoms with Gasteiger partial charge in [0.2, 0.25) is 5.91 Å². The zero-order chi connectivity index (χ0) is 14.9. The van der Waals surface area contributed by atoms with Gasteiger partial charge in [0.25, 0.3) is 0 Å². The Labute approximate surface area is 126 Å². The van der Waals surface area contributed by atoms with Gasteiger partial charge < -0.3 is 15.4 Å². The standard InChI is InChI=1S/C17H24N2O2/c1-14-5-2-3-6-16(14)21-12-4-7-17(20)19-13-15-8-10-18-11-9-15/h2-3,5-6,8,18H,4,7,9-13H2,1H3,(H,19,20). The molecule has 1 aliphatic rings. The van der Waals surface area contributed by atoms with Gasteiger partial charge in [-0.05, 0) is 37.9 Å². The minimum absolute atomic E-state index is 0.0998. The SMILES string of the molecule is Cc1ccccc1OCCCC(=O)NCC1=CCNCC1. The molecule has 1 heterocycles. The molecule has 0 atom stereocenters. The van der Waals surface area contributed by atoms with Gasteiger partial charge in [-0.25, -0.2) is 0 Å². The summed E-state index contributed by atoms with van der Waals surface area (Å²) in [6.45, 7) is 5.19. The molecule has 1 amide bonds. The Hall–Kier alpha value is -1.81. The van der Waals surface area contributed by atoms with Crippen LogP contribution in [0.15, 0.2) is 35.9 Å². The van der Waals surface area contributed by atoms with Crippen LogP contribution in [0.1, 0.15) is 24.8 Å². The molecule has 0 spiro atoms. The van der Waals surface area contributed by atoms with Crippen LogP contribution in [-0.2, 0) is 4.79 Å². The second-order valence-corrected chi connectivity index (χ2v) is 5.31. The van der Waals surface area contributed by atoms with E-state index >= 15 is 0 Å². The largest absolute Gasteiger partial charge is 0.493 e. The molecule has 21 heavy (non-hydrogen) atoms. The molecule has 1 aliphatic heterocycles. The van der Waals surface area contributed by atoms with Crippen LogP contribution in [0.3, 0.4) is 0 Å². The molecule has 1 aromatic carbocycles. The third kappa shape index (κ3) is 5.60. The predicted octanol–water partition coefficient (Wildman–Crippen LogP) is 2.19. The first-order chi connectivity index (χ1) is 10.3. The van der Waals surface area contributed by atoms with Crippen molar-refractivity contribution in [2.75, 3.05) is 26.2 Å². The highest BCUT2D eigenvalue weighted by Crippen LogP contribution is 2.16. The Balaban J connectivity index is 1.59. The van der Waals surface area contributed by atoms with Crippen molar-refractivity contribution >= 4 is 5.91 Å². The summed E-state index contributed by atoms with van der Waals surface area (Å²) in [6.07, 6.45) is 4.43. The van der Waals surface area contributed by atoms with Crippen LogP contribution >= 0.6 is 0 Å². The van der Waals surface area contributed by atoms with E-state index in [-0.39, 0.29) is 5.91 Å². The maximum Gasteiger partial charge on any atom is 0.220 e. The van der Waals surface area contributed by atoms with Crippen molar-refractivity contribution in [3.05, 3.63) is 41.5 Å². The molecule has 0 bridgehead atoms. The molecule has 2 rings (SSSR count). The lowest BCUT2D eigenvalue weighted by atomic mass is 10.1. The minimum atomic E-state index is 0.0998. The van der Waals surface area contributed by atoms with Crippen LogP contribution in [0.2, 0.25) is 0 Å². The molecule has 4 heteroatoms. The maximum atomic E-state index is 11.8. The summed E-state index contributed by atoms with van der Waals surface area (Å²) in [5, 5.41) is 6.23. The molecule has 0 saturated heterocycles. The fourth-order valence-electron chi connectivity index (χ4n) is 2.26. The monoisotopic (exact) mass is 288 g/mol. The molecule has 0 saturated carbocycles. The summed E-state index contributed by atoms with van der Waals surface area (Å²) >= 11 is 0. The van der Waals surface area contributed by atoms with Gasteiger partial charge in [0.05, 0.1) is 6.61 Å². The smallest absolute Gasteiger partial charge is 0.220 e. The zero-order valence-electron chi connectivity index (χ0n) is 12.7. The number of hydrogen-bond acceptors (Lipinski definition) is 3. The highest BCUT2D eigenvalue weighted by atomic mass is 16.5. The Kier molecular flexibility index (Phi) is 6.28. The van der Waals surface area contributed by atoms with E-state index in [2.05, 4.69) is 16.7 Å². The number of carbonyl (C=O) groups excluding carboxylic acids is 1. The predicted molar refractivity (Wildman–Crippen MR) is 84.5 cm³/mol. The lowest BCUT2D eigenvalue weighted by Crippen LogP contribution is -2.29. The van der Waals surface area contributed by atoms with Gasteiger partial charge >= 0.3 is 0 Å². The average Bonchev–Trinajstić information content (AvgIpc) is 2.52. The summed E-state index contributed by atoms with van der Waals surface area (Å²) in [5.74, 6) is 1.00. The molecule has 4 nitrogen and oxygen atoms in total. The lowest BCUT2D eigenvalue weighted by molar-refractivity contribution is -0.121. The molecular formula is C17H24N2O2. The van der Waals surface area contributed by atoms with Crippen LogP contribution in [0.4, 0.5) is 0 Å². The number of carbonyl (C=O) groups is 1. The third-order valence-corrected chi connectivity index (χ3v) is 3.57. The van der Waals surface area contributed by atoms with Crippen molar-refractivity contribution < 1.29 is 9.53 Å². The number of nitrogens with one attached hydrogen (secondary N) is 2. The Morgan fingerprint density at radius 1 is 1.38 bits per heavy atom. The fourth-order valence-corrected chi connectivity index (χ4v) is 2.26. The number of aryl methyl sites for hydroxylation is 1. The van der Waals surface area contributed by atoms with Gasteiger partial charge in [-0.2, -0.15) is 0 Å². The molecule has 0 unspecified atom stereocenters. The summed E-state index contributed by atoms with van der Waals surface area (Å²) < 4.78 is 5.68. The molecule has 0 fully saturated rings. The van der Waals surface area contributed by atoms with E-state index in [0.717, 1.165) is 37.2 Å². The molecule has 0 aromatic heterocycles. The number of ether oxygens (including phenoxy) is 1. The summed E-state index contributed by atoms with van der Waals surface area (Å²) in [6, 6.07) is 7.93. The summed E-state index contributed by atoms with van der Waals surface area (Å²) in [7, 11) is 0. The summed E-state index contributed by atoms with van der Waals surface area (Å²) in [5.41, 5.74) is 2.44. The quantitative estimate of drug-likeness (QED) is 0.597. The highest BCUT2D eigenvalue weighted by molar-refractivity contribution is 5.76. The van der Waals surface area contributed by atoms with E-state index in [1.165, 1.54) is 5.57 Å². The third-order valence-electron chi connectivity index (χ3n) is 3.57. The van der Waals surface area contributed by atoms with Gasteiger partial charge in [-0.1, -0.05) is 29.8 Å². The van der Waals surface area contributed by atoms with Crippen molar-refractivity contribution in [2.45, 2.75) is 26.2 Å². The average molecular weight is 288 g/mol. The minimum Gasteiger partial charge on any atom is -0.493 e. The normalized spacial score (nSPS) is 14.4. The number of rotatable bonds is 7. The van der Waals surface area contributed by atoms with Gasteiger partial charge in [-0.15, -0.1) is 0 Å². The van der Waals surface area contributed by atoms with Crippen LogP contribution < -0.4 is 15.4 Å². The lowest BCUT2D eigenvalue weighted by Gasteiger charge is -2.14. The highest BCUT2D eigenvalue weighted by Gasteiger charge is 2.06. The van der Waals surface area contributed by atoms with Crippen molar-refractivity contribution in [2.24, 2.45) is 0 Å². The van der Waals surface area contributed by atoms with Crippen LogP contribution in [-0.4, -0.2) is 32.1 Å². The van der Waals surface area contributed by atoms with E-state index < -0.39 is 0 Å². The zero-order valence-corrected chi connectivity index (χ0v) is 12.7. The van der Waals surface area contributed by atoms with E-state index in [9.17, 15) is 4.79 Å². The number of amides is 1. The summed E-state index contributed by atoms with van der Waals surface area (Å²) in [4.78, 5) is 11.8. The topological polar surface area (TPSA) is 50.4 Å². The first-order valence-electron chi connectivity index (χ1n) is 7.59. The fraction of sp³-hybridized carbons (Fsp3) is 0.471. The van der Waals surface area contributed by atoms with Gasteiger partial charge in [-0.3, -0.25) is 4.79 Å². The first kappa shape index (κ1) is 15.6. The number of benzene rings is 1. The molecule has 1 aromatic rings. The second-order valence-electron chi connectivity index (χ2n) is 5.31. The molecule has 114 valence electrons. The molecular weight excluding hydrogens is 264 g/mol. The van der Waals surface area contributed by atoms with Gasteiger partial charge in [0.15, 0.2) is 0 Å². The van der Waals surface area contributed by atoms with Crippen molar-refractivity contribution in [1.82, 2.24) is 10.6 Å². The molecule has 2 N–H and O–H groups in total. The van der Waals surface area contributed by atoms with Gasteiger partial charge in [0.1, 0.15) is 5.75 Å². The number of hydrogen-bond donors (Lipinski definition) is 2. The van der Waals surface area contributed by atoms with E-state index in [4.69, 9.17) is 4.74 Å². The van der Waals surface area contributed by atoms with E-state index in [1.807, 2.05) is 31.2 Å². The Morgan fingerprint density at radius 2 is 2.24 bits per heavy atom. The second kappa shape index (κ2) is 8.47. The van der Waals surface area contributed by atoms with Gasteiger partial charge in [0, 0.05) is 19.5 Å². The number of para-hydroxylation sites is 1. The van der Waals surface area contributed by atoms with Crippen LogP contribution in [0.5, 0.6) is 5.75 Å². The van der Waals surface area contributed by atoms with Crippen LogP contribution in [0.25, 0.3) is 0 Å².